The first-order valence-electron chi connectivity index (χ1n) is 2.94. The molecule has 0 amide bonds. The van der Waals surface area contributed by atoms with Crippen molar-refractivity contribution in [1.82, 2.24) is 5.32 Å². The molecular weight excluding hydrogens is 138 g/mol. The molecule has 59 valence electrons. The summed E-state index contributed by atoms with van der Waals surface area (Å²) in [4.78, 5) is 0. The monoisotopic (exact) mass is 154 g/mol. The van der Waals surface area contributed by atoms with Crippen molar-refractivity contribution in [2.24, 2.45) is 0 Å². The number of halogens is 1. The third-order valence-corrected chi connectivity index (χ3v) is 0.500. The van der Waals surface area contributed by atoms with Crippen molar-refractivity contribution in [2.75, 3.05) is 19.7 Å². The zero-order valence-corrected chi connectivity index (χ0v) is 7.00. The van der Waals surface area contributed by atoms with E-state index in [0.29, 0.717) is 0 Å². The van der Waals surface area contributed by atoms with Gasteiger partial charge in [0, 0.05) is 6.61 Å². The van der Waals surface area contributed by atoms with E-state index in [9.17, 15) is 0 Å². The Hall–Kier alpha value is 0.210. The molecule has 0 atom stereocenters. The Kier molecular flexibility index (Phi) is 43.1. The summed E-state index contributed by atoms with van der Waals surface area (Å²) in [6.45, 7) is 9.43. The Labute approximate surface area is 64.1 Å². The molecule has 0 spiro atoms. The smallest absolute Gasteiger partial charge is 0.0431 e. The lowest BCUT2D eigenvalue weighted by Crippen LogP contribution is -2.09. The Morgan fingerprint density at radius 2 is 1.56 bits per heavy atom. The predicted octanol–water partition coefficient (Wildman–Crippen LogP) is 0.850. The summed E-state index contributed by atoms with van der Waals surface area (Å²) in [6.07, 6.45) is 0. The first-order valence-corrected chi connectivity index (χ1v) is 2.94. The summed E-state index contributed by atoms with van der Waals surface area (Å²) >= 11 is 0. The molecule has 0 aliphatic rings. The van der Waals surface area contributed by atoms with Crippen molar-refractivity contribution in [3.8, 4) is 0 Å². The lowest BCUT2D eigenvalue weighted by Gasteiger charge is -1.86. The number of hydrogen-bond donors (Lipinski definition) is 2. The second kappa shape index (κ2) is 24.1. The van der Waals surface area contributed by atoms with Crippen LogP contribution in [0.1, 0.15) is 13.8 Å². The number of aliphatic hydroxyl groups excluding tert-OH is 1. The van der Waals surface area contributed by atoms with Crippen LogP contribution in [-0.2, 0) is 0 Å². The van der Waals surface area contributed by atoms with E-state index < -0.39 is 0 Å². The van der Waals surface area contributed by atoms with Crippen LogP contribution in [0.5, 0.6) is 0 Å². The molecule has 0 bridgehead atoms. The van der Waals surface area contributed by atoms with E-state index in [1.165, 1.54) is 0 Å². The Balaban J connectivity index is -0.0000000800. The fourth-order valence-electron chi connectivity index (χ4n) is 0.250. The van der Waals surface area contributed by atoms with Gasteiger partial charge < -0.3 is 10.4 Å². The van der Waals surface area contributed by atoms with Crippen LogP contribution in [0.25, 0.3) is 0 Å². The van der Waals surface area contributed by atoms with Gasteiger partial charge in [0.1, 0.15) is 0 Å². The highest BCUT2D eigenvalue weighted by molar-refractivity contribution is 5.85. The quantitative estimate of drug-likeness (QED) is 0.618. The van der Waals surface area contributed by atoms with Crippen molar-refractivity contribution in [3.05, 3.63) is 6.92 Å². The fourth-order valence-corrected chi connectivity index (χ4v) is 0.250. The van der Waals surface area contributed by atoms with E-state index in [1.54, 1.807) is 0 Å². The zero-order valence-electron chi connectivity index (χ0n) is 6.18. The van der Waals surface area contributed by atoms with Crippen molar-refractivity contribution in [3.63, 3.8) is 0 Å². The molecule has 9 heavy (non-hydrogen) atoms. The summed E-state index contributed by atoms with van der Waals surface area (Å²) in [6, 6.07) is 0. The first kappa shape index (κ1) is 16.1. The van der Waals surface area contributed by atoms with Gasteiger partial charge in [-0.25, -0.2) is 0 Å². The minimum absolute atomic E-state index is 0. The van der Waals surface area contributed by atoms with Gasteiger partial charge in [-0.05, 0) is 20.0 Å². The van der Waals surface area contributed by atoms with E-state index in [0.717, 1.165) is 13.1 Å². The lowest BCUT2D eigenvalue weighted by molar-refractivity contribution is 0.341. The molecule has 0 saturated heterocycles. The average Bonchev–Trinajstić information content (AvgIpc) is 1.71. The van der Waals surface area contributed by atoms with Gasteiger partial charge in [0.2, 0.25) is 0 Å². The molecular formula is C6H17ClNO. The van der Waals surface area contributed by atoms with Crippen LogP contribution >= 0.6 is 12.4 Å². The maximum atomic E-state index is 7.46. The van der Waals surface area contributed by atoms with Gasteiger partial charge in [0.25, 0.3) is 0 Å². The second-order valence-corrected chi connectivity index (χ2v) is 1.18. The molecule has 0 aromatic rings. The Morgan fingerprint density at radius 3 is 1.56 bits per heavy atom. The molecule has 0 rings (SSSR count). The van der Waals surface area contributed by atoms with Crippen LogP contribution in [0, 0.1) is 6.92 Å². The SMILES string of the molecule is CCNCC.Cl.[CH2]CO. The normalized spacial score (nSPS) is 6.67. The number of rotatable bonds is 2. The molecule has 2 N–H and O–H groups in total. The van der Waals surface area contributed by atoms with Gasteiger partial charge in [-0.3, -0.25) is 0 Å². The third-order valence-electron chi connectivity index (χ3n) is 0.500. The maximum Gasteiger partial charge on any atom is 0.0431 e. The number of nitrogens with one attached hydrogen (secondary N) is 1. The Morgan fingerprint density at radius 1 is 1.33 bits per heavy atom. The molecule has 2 nitrogen and oxygen atoms in total. The predicted molar refractivity (Wildman–Crippen MR) is 43.9 cm³/mol. The van der Waals surface area contributed by atoms with Gasteiger partial charge >= 0.3 is 0 Å². The molecule has 0 aromatic heterocycles. The average molecular weight is 155 g/mol. The number of aliphatic hydroxyl groups is 1. The van der Waals surface area contributed by atoms with Crippen molar-refractivity contribution >= 4 is 12.4 Å². The van der Waals surface area contributed by atoms with Crippen molar-refractivity contribution in [1.29, 1.82) is 0 Å². The van der Waals surface area contributed by atoms with Gasteiger partial charge in [-0.2, -0.15) is 0 Å². The van der Waals surface area contributed by atoms with Crippen molar-refractivity contribution < 1.29 is 5.11 Å². The minimum Gasteiger partial charge on any atom is -0.396 e. The van der Waals surface area contributed by atoms with Crippen LogP contribution in [0.3, 0.4) is 0 Å². The summed E-state index contributed by atoms with van der Waals surface area (Å²) in [5.74, 6) is 0. The summed E-state index contributed by atoms with van der Waals surface area (Å²) < 4.78 is 0. The molecule has 0 heterocycles. The van der Waals surface area contributed by atoms with Gasteiger partial charge in [0.15, 0.2) is 0 Å². The summed E-state index contributed by atoms with van der Waals surface area (Å²) in [5, 5.41) is 10.6. The summed E-state index contributed by atoms with van der Waals surface area (Å²) in [7, 11) is 0. The van der Waals surface area contributed by atoms with E-state index in [1.807, 2.05) is 0 Å². The van der Waals surface area contributed by atoms with Gasteiger partial charge in [-0.15, -0.1) is 12.4 Å². The van der Waals surface area contributed by atoms with Crippen molar-refractivity contribution in [2.45, 2.75) is 13.8 Å². The largest absolute Gasteiger partial charge is 0.396 e. The van der Waals surface area contributed by atoms with Gasteiger partial charge in [0.05, 0.1) is 0 Å². The maximum absolute atomic E-state index is 7.46. The highest BCUT2D eigenvalue weighted by atomic mass is 35.5. The second-order valence-electron chi connectivity index (χ2n) is 1.18. The molecule has 1 radical (unpaired) electrons. The molecule has 0 unspecified atom stereocenters. The van der Waals surface area contributed by atoms with E-state index in [2.05, 4.69) is 26.1 Å². The number of hydrogen-bond acceptors (Lipinski definition) is 2. The highest BCUT2D eigenvalue weighted by Gasteiger charge is 1.62. The van der Waals surface area contributed by atoms with Crippen LogP contribution in [0.2, 0.25) is 0 Å². The van der Waals surface area contributed by atoms with E-state index >= 15 is 0 Å². The third kappa shape index (κ3) is 64.8. The summed E-state index contributed by atoms with van der Waals surface area (Å²) in [5.41, 5.74) is 0. The molecule has 3 heteroatoms. The van der Waals surface area contributed by atoms with Gasteiger partial charge in [-0.1, -0.05) is 13.8 Å². The van der Waals surface area contributed by atoms with Crippen LogP contribution < -0.4 is 5.32 Å². The lowest BCUT2D eigenvalue weighted by atomic mass is 10.7. The molecule has 0 aromatic carbocycles. The van der Waals surface area contributed by atoms with Crippen LogP contribution in [-0.4, -0.2) is 24.8 Å². The minimum atomic E-state index is 0. The molecule has 0 aliphatic heterocycles. The molecule has 0 aliphatic carbocycles. The first-order chi connectivity index (χ1) is 3.83. The highest BCUT2D eigenvalue weighted by Crippen LogP contribution is 1.47. The van der Waals surface area contributed by atoms with E-state index in [-0.39, 0.29) is 19.0 Å². The zero-order chi connectivity index (χ0) is 6.83. The fraction of sp³-hybridized carbons (Fsp3) is 0.833. The van der Waals surface area contributed by atoms with Crippen LogP contribution in [0.4, 0.5) is 0 Å². The molecule has 0 fully saturated rings. The van der Waals surface area contributed by atoms with Crippen LogP contribution in [0.15, 0.2) is 0 Å². The standard InChI is InChI=1S/C4H11N.C2H5O.ClH/c1-3-5-4-2;1-2-3;/h5H,3-4H2,1-2H3;3H,1-2H2;1H. The Bertz CT molecular complexity index is 27.0. The topological polar surface area (TPSA) is 32.3 Å². The van der Waals surface area contributed by atoms with E-state index in [4.69, 9.17) is 5.11 Å². The molecule has 0 saturated carbocycles.